The number of nitrogens with two attached hydrogens (primary N) is 1. The molecule has 86 valence electrons. The molecule has 0 bridgehead atoms. The van der Waals surface area contributed by atoms with E-state index in [0.717, 1.165) is 25.9 Å². The van der Waals surface area contributed by atoms with E-state index in [4.69, 9.17) is 5.73 Å². The predicted octanol–water partition coefficient (Wildman–Crippen LogP) is 1.56. The van der Waals surface area contributed by atoms with E-state index in [1.165, 1.54) is 12.6 Å². The monoisotopic (exact) mass is 222 g/mol. The van der Waals surface area contributed by atoms with Crippen LogP contribution >= 0.6 is 0 Å². The van der Waals surface area contributed by atoms with Crippen LogP contribution < -0.4 is 10.6 Å². The van der Waals surface area contributed by atoms with Gasteiger partial charge in [0.15, 0.2) is 0 Å². The third kappa shape index (κ3) is 2.05. The largest absolute Gasteiger partial charge is 0.384 e. The molecular formula is C10H14N4O2. The first-order chi connectivity index (χ1) is 7.68. The summed E-state index contributed by atoms with van der Waals surface area (Å²) in [6.07, 6.45) is 4.56. The first-order valence-electron chi connectivity index (χ1n) is 5.33. The van der Waals surface area contributed by atoms with Gasteiger partial charge in [0.25, 0.3) is 0 Å². The maximum Gasteiger partial charge on any atom is 0.310 e. The number of anilines is 2. The number of rotatable bonds is 2. The van der Waals surface area contributed by atoms with Crippen molar-refractivity contribution >= 4 is 17.2 Å². The van der Waals surface area contributed by atoms with Crippen molar-refractivity contribution in [1.82, 2.24) is 4.98 Å². The van der Waals surface area contributed by atoms with E-state index in [2.05, 4.69) is 4.98 Å². The molecule has 0 spiro atoms. The molecule has 2 heterocycles. The van der Waals surface area contributed by atoms with Gasteiger partial charge in [0.1, 0.15) is 17.7 Å². The highest BCUT2D eigenvalue weighted by Crippen LogP contribution is 2.30. The second-order valence-electron chi connectivity index (χ2n) is 3.90. The average molecular weight is 222 g/mol. The lowest BCUT2D eigenvalue weighted by Crippen LogP contribution is -2.30. The van der Waals surface area contributed by atoms with Crippen LogP contribution in [0.15, 0.2) is 12.3 Å². The van der Waals surface area contributed by atoms with Crippen molar-refractivity contribution in [3.05, 3.63) is 22.4 Å². The molecule has 16 heavy (non-hydrogen) atoms. The highest BCUT2D eigenvalue weighted by Gasteiger charge is 2.21. The van der Waals surface area contributed by atoms with E-state index in [1.54, 1.807) is 6.07 Å². The van der Waals surface area contributed by atoms with E-state index >= 15 is 0 Å². The second-order valence-corrected chi connectivity index (χ2v) is 3.90. The number of nitro groups is 1. The summed E-state index contributed by atoms with van der Waals surface area (Å²) in [6, 6.07) is 1.59. The molecule has 0 aliphatic carbocycles. The van der Waals surface area contributed by atoms with Crippen molar-refractivity contribution in [3.8, 4) is 0 Å². The molecule has 0 saturated carbocycles. The molecule has 1 fully saturated rings. The van der Waals surface area contributed by atoms with Crippen molar-refractivity contribution in [2.45, 2.75) is 19.3 Å². The Bertz CT molecular complexity index is 402. The molecule has 6 nitrogen and oxygen atoms in total. The molecule has 1 saturated heterocycles. The van der Waals surface area contributed by atoms with Crippen LogP contribution in [0, 0.1) is 10.1 Å². The molecule has 1 aliphatic heterocycles. The van der Waals surface area contributed by atoms with Crippen LogP contribution in [0.4, 0.5) is 17.2 Å². The summed E-state index contributed by atoms with van der Waals surface area (Å²) >= 11 is 0. The van der Waals surface area contributed by atoms with E-state index in [0.29, 0.717) is 11.5 Å². The number of piperidine rings is 1. The molecule has 0 radical (unpaired) electrons. The number of aromatic nitrogens is 1. The Morgan fingerprint density at radius 1 is 1.38 bits per heavy atom. The molecule has 0 unspecified atom stereocenters. The third-order valence-electron chi connectivity index (χ3n) is 2.78. The van der Waals surface area contributed by atoms with E-state index in [-0.39, 0.29) is 5.69 Å². The summed E-state index contributed by atoms with van der Waals surface area (Å²) in [5.41, 5.74) is 6.21. The van der Waals surface area contributed by atoms with E-state index in [9.17, 15) is 10.1 Å². The second kappa shape index (κ2) is 4.34. The molecule has 2 rings (SSSR count). The molecular weight excluding hydrogens is 208 g/mol. The lowest BCUT2D eigenvalue weighted by Gasteiger charge is -2.28. The third-order valence-corrected chi connectivity index (χ3v) is 2.78. The van der Waals surface area contributed by atoms with Gasteiger partial charge in [-0.1, -0.05) is 0 Å². The Labute approximate surface area is 93.2 Å². The summed E-state index contributed by atoms with van der Waals surface area (Å²) < 4.78 is 0. The van der Waals surface area contributed by atoms with Crippen LogP contribution in [0.3, 0.4) is 0 Å². The van der Waals surface area contributed by atoms with Crippen LogP contribution in [0.25, 0.3) is 0 Å². The van der Waals surface area contributed by atoms with Gasteiger partial charge >= 0.3 is 5.69 Å². The van der Waals surface area contributed by atoms with Crippen LogP contribution in [-0.2, 0) is 0 Å². The normalized spacial score (nSPS) is 16.1. The van der Waals surface area contributed by atoms with E-state index < -0.39 is 4.92 Å². The number of pyridine rings is 1. The van der Waals surface area contributed by atoms with Gasteiger partial charge in [0, 0.05) is 19.2 Å². The highest BCUT2D eigenvalue weighted by atomic mass is 16.6. The quantitative estimate of drug-likeness (QED) is 0.606. The molecule has 1 aromatic rings. The number of nitrogen functional groups attached to an aromatic ring is 1. The van der Waals surface area contributed by atoms with Gasteiger partial charge < -0.3 is 10.6 Å². The fourth-order valence-corrected chi connectivity index (χ4v) is 1.98. The molecule has 2 N–H and O–H groups in total. The number of hydrogen-bond acceptors (Lipinski definition) is 5. The van der Waals surface area contributed by atoms with Crippen molar-refractivity contribution in [2.24, 2.45) is 0 Å². The maximum absolute atomic E-state index is 10.9. The number of nitrogens with zero attached hydrogens (tertiary/aromatic N) is 3. The summed E-state index contributed by atoms with van der Waals surface area (Å²) in [7, 11) is 0. The fourth-order valence-electron chi connectivity index (χ4n) is 1.98. The van der Waals surface area contributed by atoms with Gasteiger partial charge in [-0.05, 0) is 19.3 Å². The summed E-state index contributed by atoms with van der Waals surface area (Å²) in [4.78, 5) is 16.2. The first-order valence-corrected chi connectivity index (χ1v) is 5.33. The highest BCUT2D eigenvalue weighted by molar-refractivity contribution is 5.66. The number of hydrogen-bond donors (Lipinski definition) is 1. The van der Waals surface area contributed by atoms with Crippen molar-refractivity contribution in [3.63, 3.8) is 0 Å². The zero-order valence-corrected chi connectivity index (χ0v) is 8.93. The Morgan fingerprint density at radius 2 is 2.06 bits per heavy atom. The average Bonchev–Trinajstić information content (AvgIpc) is 2.29. The zero-order chi connectivity index (χ0) is 11.5. The van der Waals surface area contributed by atoms with Crippen LogP contribution in [0.1, 0.15) is 19.3 Å². The van der Waals surface area contributed by atoms with Gasteiger partial charge in [-0.3, -0.25) is 10.1 Å². The minimum Gasteiger partial charge on any atom is -0.384 e. The van der Waals surface area contributed by atoms with E-state index in [1.807, 2.05) is 4.90 Å². The molecule has 1 aliphatic rings. The lowest BCUT2D eigenvalue weighted by molar-refractivity contribution is -0.384. The molecule has 0 amide bonds. The topological polar surface area (TPSA) is 85.3 Å². The van der Waals surface area contributed by atoms with Gasteiger partial charge in [-0.2, -0.15) is 0 Å². The van der Waals surface area contributed by atoms with Crippen LogP contribution in [0.5, 0.6) is 0 Å². The lowest BCUT2D eigenvalue weighted by atomic mass is 10.1. The fraction of sp³-hybridized carbons (Fsp3) is 0.500. The zero-order valence-electron chi connectivity index (χ0n) is 8.93. The Balaban J connectivity index is 2.36. The first kappa shape index (κ1) is 10.7. The summed E-state index contributed by atoms with van der Waals surface area (Å²) in [6.45, 7) is 1.70. The predicted molar refractivity (Wildman–Crippen MR) is 61.4 cm³/mol. The van der Waals surface area contributed by atoms with Gasteiger partial charge in [-0.15, -0.1) is 0 Å². The van der Waals surface area contributed by atoms with Crippen LogP contribution in [0.2, 0.25) is 0 Å². The molecule has 6 heteroatoms. The minimum absolute atomic E-state index is 0.0381. The Hall–Kier alpha value is -1.85. The van der Waals surface area contributed by atoms with Crippen molar-refractivity contribution in [2.75, 3.05) is 23.7 Å². The molecule has 0 atom stereocenters. The Kier molecular flexibility index (Phi) is 2.89. The van der Waals surface area contributed by atoms with Gasteiger partial charge in [0.05, 0.1) is 4.92 Å². The maximum atomic E-state index is 10.9. The van der Waals surface area contributed by atoms with Crippen molar-refractivity contribution in [1.29, 1.82) is 0 Å². The standard InChI is InChI=1S/C10H14N4O2/c11-10-6-8(9(7-12-10)14(15)16)13-4-2-1-3-5-13/h6-7H,1-5H2,(H2,11,12). The smallest absolute Gasteiger partial charge is 0.310 e. The minimum atomic E-state index is -0.406. The van der Waals surface area contributed by atoms with Crippen molar-refractivity contribution < 1.29 is 4.92 Å². The molecule has 0 aromatic carbocycles. The SMILES string of the molecule is Nc1cc(N2CCCCC2)c([N+](=O)[O-])cn1. The Morgan fingerprint density at radius 3 is 2.69 bits per heavy atom. The summed E-state index contributed by atoms with van der Waals surface area (Å²) in [5.74, 6) is 0.325. The van der Waals surface area contributed by atoms with Gasteiger partial charge in [-0.25, -0.2) is 4.98 Å². The van der Waals surface area contributed by atoms with Gasteiger partial charge in [0.2, 0.25) is 0 Å². The van der Waals surface area contributed by atoms with Crippen LogP contribution in [-0.4, -0.2) is 23.0 Å². The summed E-state index contributed by atoms with van der Waals surface area (Å²) in [5, 5.41) is 10.9. The molecule has 1 aromatic heterocycles.